The molecule has 0 spiro atoms. The van der Waals surface area contributed by atoms with Gasteiger partial charge in [-0.25, -0.2) is 18.2 Å². The first-order valence-corrected chi connectivity index (χ1v) is 9.96. The van der Waals surface area contributed by atoms with Gasteiger partial charge >= 0.3 is 5.97 Å². The second-order valence-electron chi connectivity index (χ2n) is 5.90. The fourth-order valence-electron chi connectivity index (χ4n) is 2.46. The number of carbonyl (C=O) groups excluding carboxylic acids is 2. The van der Waals surface area contributed by atoms with Crippen LogP contribution in [0.5, 0.6) is 0 Å². The lowest BCUT2D eigenvalue weighted by Gasteiger charge is -2.10. The number of rotatable bonds is 6. The summed E-state index contributed by atoms with van der Waals surface area (Å²) in [5.74, 6) is -0.906. The van der Waals surface area contributed by atoms with Crippen molar-refractivity contribution in [1.29, 1.82) is 0 Å². The summed E-state index contributed by atoms with van der Waals surface area (Å²) in [5.41, 5.74) is 0.347. The molecule has 2 heterocycles. The number of amides is 1. The molecule has 1 aliphatic rings. The van der Waals surface area contributed by atoms with Crippen LogP contribution in [0, 0.1) is 0 Å². The first-order chi connectivity index (χ1) is 13.4. The summed E-state index contributed by atoms with van der Waals surface area (Å²) in [7, 11) is -3.79. The zero-order chi connectivity index (χ0) is 20.0. The van der Waals surface area contributed by atoms with Gasteiger partial charge in [0.15, 0.2) is 6.61 Å². The third kappa shape index (κ3) is 5.13. The minimum Gasteiger partial charge on any atom is -0.451 e. The van der Waals surface area contributed by atoms with Gasteiger partial charge in [-0.1, -0.05) is 12.1 Å². The Morgan fingerprint density at radius 2 is 2.00 bits per heavy atom. The zero-order valence-corrected chi connectivity index (χ0v) is 15.6. The smallest absolute Gasteiger partial charge is 0.357 e. The fraction of sp³-hybridized carbons (Fsp3) is 0.222. The van der Waals surface area contributed by atoms with Gasteiger partial charge in [0.2, 0.25) is 0 Å². The number of benzene rings is 1. The Balaban J connectivity index is 1.59. The first kappa shape index (κ1) is 19.5. The van der Waals surface area contributed by atoms with Crippen molar-refractivity contribution in [1.82, 2.24) is 9.71 Å². The standard InChI is InChI=1S/C18H18N4O5S/c23-17(12-27-18(24)15-7-1-2-9-19-15)21-13-5-3-6-14(11-13)28(25,26)22-16-8-4-10-20-16/h1-3,5-7,9,11H,4,8,10,12H2,(H,20,22)(H,21,23). The van der Waals surface area contributed by atoms with Crippen molar-refractivity contribution in [3.05, 3.63) is 54.4 Å². The van der Waals surface area contributed by atoms with Crippen molar-refractivity contribution in [2.75, 3.05) is 18.5 Å². The van der Waals surface area contributed by atoms with Crippen LogP contribution in [0.3, 0.4) is 0 Å². The molecule has 1 aromatic carbocycles. The molecule has 0 radical (unpaired) electrons. The van der Waals surface area contributed by atoms with E-state index in [9.17, 15) is 18.0 Å². The van der Waals surface area contributed by atoms with Crippen LogP contribution in [0.25, 0.3) is 0 Å². The van der Waals surface area contributed by atoms with E-state index < -0.39 is 28.5 Å². The summed E-state index contributed by atoms with van der Waals surface area (Å²) >= 11 is 0. The lowest BCUT2D eigenvalue weighted by atomic mass is 10.3. The van der Waals surface area contributed by atoms with Crippen LogP contribution in [0.4, 0.5) is 5.69 Å². The molecule has 3 rings (SSSR count). The molecule has 0 aliphatic carbocycles. The van der Waals surface area contributed by atoms with E-state index in [1.54, 1.807) is 12.1 Å². The number of sulfonamides is 1. The van der Waals surface area contributed by atoms with Gasteiger partial charge < -0.3 is 10.1 Å². The van der Waals surface area contributed by atoms with Crippen LogP contribution in [0.2, 0.25) is 0 Å². The topological polar surface area (TPSA) is 127 Å². The maximum atomic E-state index is 12.4. The van der Waals surface area contributed by atoms with Crippen LogP contribution < -0.4 is 10.0 Å². The van der Waals surface area contributed by atoms with Crippen LogP contribution in [0.15, 0.2) is 58.5 Å². The third-order valence-corrected chi connectivity index (χ3v) is 5.14. The van der Waals surface area contributed by atoms with Gasteiger partial charge in [0.05, 0.1) is 4.90 Å². The van der Waals surface area contributed by atoms with Crippen molar-refractivity contribution in [2.45, 2.75) is 17.7 Å². The number of ether oxygens (including phenoxy) is 1. The number of hydrogen-bond acceptors (Lipinski definition) is 7. The number of nitrogens with zero attached hydrogens (tertiary/aromatic N) is 2. The maximum absolute atomic E-state index is 12.4. The van der Waals surface area contributed by atoms with Gasteiger partial charge in [-0.15, -0.1) is 0 Å². The minimum atomic E-state index is -3.79. The second-order valence-corrected chi connectivity index (χ2v) is 7.59. The molecule has 146 valence electrons. The molecule has 0 saturated carbocycles. The first-order valence-electron chi connectivity index (χ1n) is 8.48. The van der Waals surface area contributed by atoms with Gasteiger partial charge in [-0.05, 0) is 36.8 Å². The SMILES string of the molecule is O=C(COC(=O)c1ccccn1)Nc1cccc(S(=O)(=O)NC2=NCCC2)c1. The van der Waals surface area contributed by atoms with Crippen LogP contribution >= 0.6 is 0 Å². The summed E-state index contributed by atoms with van der Waals surface area (Å²) in [6, 6.07) is 10.5. The van der Waals surface area contributed by atoms with Gasteiger partial charge in [0, 0.05) is 24.8 Å². The average Bonchev–Trinajstić information content (AvgIpc) is 3.19. The molecule has 1 aromatic heterocycles. The van der Waals surface area contributed by atoms with E-state index in [1.165, 1.54) is 36.5 Å². The predicted molar refractivity (Wildman–Crippen MR) is 101 cm³/mol. The molecule has 1 amide bonds. The van der Waals surface area contributed by atoms with E-state index in [0.717, 1.165) is 6.42 Å². The van der Waals surface area contributed by atoms with Crippen LogP contribution in [0.1, 0.15) is 23.3 Å². The van der Waals surface area contributed by atoms with Gasteiger partial charge in [-0.2, -0.15) is 0 Å². The Hall–Kier alpha value is -3.27. The van der Waals surface area contributed by atoms with E-state index in [4.69, 9.17) is 4.74 Å². The monoisotopic (exact) mass is 402 g/mol. The lowest BCUT2D eigenvalue weighted by Crippen LogP contribution is -2.29. The number of hydrogen-bond donors (Lipinski definition) is 2. The molecule has 28 heavy (non-hydrogen) atoms. The average molecular weight is 402 g/mol. The number of nitrogens with one attached hydrogen (secondary N) is 2. The summed E-state index contributed by atoms with van der Waals surface area (Å²) in [5, 5.41) is 2.50. The number of amidine groups is 1. The van der Waals surface area contributed by atoms with Crippen molar-refractivity contribution in [3.63, 3.8) is 0 Å². The molecule has 0 fully saturated rings. The van der Waals surface area contributed by atoms with Crippen LogP contribution in [-0.4, -0.2) is 44.3 Å². The molecule has 0 atom stereocenters. The molecular weight excluding hydrogens is 384 g/mol. The normalized spacial score (nSPS) is 13.5. The number of aromatic nitrogens is 1. The number of esters is 1. The van der Waals surface area contributed by atoms with Crippen molar-refractivity contribution >= 4 is 33.4 Å². The third-order valence-electron chi connectivity index (χ3n) is 3.76. The summed E-state index contributed by atoms with van der Waals surface area (Å²) in [6.45, 7) is 0.0760. The second kappa shape index (κ2) is 8.61. The number of aliphatic imine (C=N–C) groups is 1. The number of anilines is 1. The van der Waals surface area contributed by atoms with Gasteiger partial charge in [0.25, 0.3) is 15.9 Å². The van der Waals surface area contributed by atoms with Crippen LogP contribution in [-0.2, 0) is 19.6 Å². The zero-order valence-electron chi connectivity index (χ0n) is 14.8. The Bertz CT molecular complexity index is 1010. The molecule has 2 N–H and O–H groups in total. The summed E-state index contributed by atoms with van der Waals surface area (Å²) in [4.78, 5) is 31.7. The summed E-state index contributed by atoms with van der Waals surface area (Å²) < 4.78 is 32.2. The Labute approximate surface area is 161 Å². The predicted octanol–water partition coefficient (Wildman–Crippen LogP) is 1.35. The quantitative estimate of drug-likeness (QED) is 0.702. The largest absolute Gasteiger partial charge is 0.451 e. The Morgan fingerprint density at radius 3 is 2.71 bits per heavy atom. The highest BCUT2D eigenvalue weighted by molar-refractivity contribution is 7.90. The molecule has 2 aromatic rings. The molecule has 0 bridgehead atoms. The fourth-order valence-corrected chi connectivity index (χ4v) is 3.60. The number of pyridine rings is 1. The molecule has 9 nitrogen and oxygen atoms in total. The molecular formula is C18H18N4O5S. The van der Waals surface area contributed by atoms with E-state index >= 15 is 0 Å². The molecule has 10 heteroatoms. The van der Waals surface area contributed by atoms with E-state index in [-0.39, 0.29) is 16.3 Å². The Morgan fingerprint density at radius 1 is 1.14 bits per heavy atom. The lowest BCUT2D eigenvalue weighted by molar-refractivity contribution is -0.119. The maximum Gasteiger partial charge on any atom is 0.357 e. The van der Waals surface area contributed by atoms with Crippen molar-refractivity contribution in [2.24, 2.45) is 4.99 Å². The van der Waals surface area contributed by atoms with Crippen molar-refractivity contribution in [3.8, 4) is 0 Å². The van der Waals surface area contributed by atoms with E-state index in [2.05, 4.69) is 20.0 Å². The highest BCUT2D eigenvalue weighted by Crippen LogP contribution is 2.16. The minimum absolute atomic E-state index is 0.00891. The molecule has 0 unspecified atom stereocenters. The Kier molecular flexibility index (Phi) is 5.99. The number of carbonyl (C=O) groups is 2. The highest BCUT2D eigenvalue weighted by atomic mass is 32.2. The van der Waals surface area contributed by atoms with E-state index in [0.29, 0.717) is 18.8 Å². The van der Waals surface area contributed by atoms with E-state index in [1.807, 2.05) is 0 Å². The van der Waals surface area contributed by atoms with Gasteiger partial charge in [0.1, 0.15) is 11.5 Å². The summed E-state index contributed by atoms with van der Waals surface area (Å²) in [6.07, 6.45) is 2.83. The van der Waals surface area contributed by atoms with Crippen molar-refractivity contribution < 1.29 is 22.7 Å². The molecule has 0 saturated heterocycles. The highest BCUT2D eigenvalue weighted by Gasteiger charge is 2.19. The van der Waals surface area contributed by atoms with Gasteiger partial charge in [-0.3, -0.25) is 14.5 Å². The molecule has 1 aliphatic heterocycles.